The van der Waals surface area contributed by atoms with Crippen molar-refractivity contribution in [1.29, 1.82) is 0 Å². The summed E-state index contributed by atoms with van der Waals surface area (Å²) in [6, 6.07) is 4.53. The summed E-state index contributed by atoms with van der Waals surface area (Å²) in [5.41, 5.74) is 1.85. The van der Waals surface area contributed by atoms with Crippen LogP contribution < -0.4 is 0 Å². The number of benzene rings is 1. The Bertz CT molecular complexity index is 394. The largest absolute Gasteiger partial charge is 0.478 e. The van der Waals surface area contributed by atoms with Gasteiger partial charge in [0.1, 0.15) is 5.82 Å². The summed E-state index contributed by atoms with van der Waals surface area (Å²) in [4.78, 5) is 10.4. The zero-order valence-corrected chi connectivity index (χ0v) is 8.04. The first-order valence-electron chi connectivity index (χ1n) is 4.18. The van der Waals surface area contributed by atoms with Crippen LogP contribution in [0.1, 0.15) is 18.1 Å². The van der Waals surface area contributed by atoms with E-state index < -0.39 is 5.97 Å². The van der Waals surface area contributed by atoms with Gasteiger partial charge >= 0.3 is 5.97 Å². The van der Waals surface area contributed by atoms with Crippen LogP contribution in [0.2, 0.25) is 0 Å². The molecule has 3 heteroatoms. The van der Waals surface area contributed by atoms with Gasteiger partial charge in [-0.25, -0.2) is 9.18 Å². The van der Waals surface area contributed by atoms with Gasteiger partial charge in [0.15, 0.2) is 0 Å². The Morgan fingerprint density at radius 3 is 2.64 bits per heavy atom. The van der Waals surface area contributed by atoms with Gasteiger partial charge in [0.25, 0.3) is 0 Å². The number of carboxylic acids is 1. The number of aryl methyl sites for hydroxylation is 1. The monoisotopic (exact) mass is 194 g/mol. The molecule has 0 aliphatic rings. The highest BCUT2D eigenvalue weighted by molar-refractivity contribution is 5.89. The maximum atomic E-state index is 12.9. The molecule has 1 N–H and O–H groups in total. The predicted octanol–water partition coefficient (Wildman–Crippen LogP) is 2.62. The zero-order valence-electron chi connectivity index (χ0n) is 8.04. The number of allylic oxidation sites excluding steroid dienone is 1. The van der Waals surface area contributed by atoms with E-state index in [4.69, 9.17) is 5.11 Å². The van der Waals surface area contributed by atoms with Crippen LogP contribution in [-0.4, -0.2) is 11.1 Å². The van der Waals surface area contributed by atoms with Crippen molar-refractivity contribution in [2.45, 2.75) is 13.8 Å². The van der Waals surface area contributed by atoms with Crippen LogP contribution in [0.3, 0.4) is 0 Å². The molecule has 0 unspecified atom stereocenters. The van der Waals surface area contributed by atoms with Crippen LogP contribution in [0.15, 0.2) is 24.3 Å². The van der Waals surface area contributed by atoms with Crippen LogP contribution in [0.25, 0.3) is 5.57 Å². The van der Waals surface area contributed by atoms with Crippen molar-refractivity contribution in [2.24, 2.45) is 0 Å². The van der Waals surface area contributed by atoms with E-state index in [2.05, 4.69) is 0 Å². The lowest BCUT2D eigenvalue weighted by atomic mass is 10.0. The number of halogens is 1. The summed E-state index contributed by atoms with van der Waals surface area (Å²) in [5.74, 6) is -1.28. The number of aliphatic carboxylic acids is 1. The van der Waals surface area contributed by atoms with E-state index in [9.17, 15) is 9.18 Å². The van der Waals surface area contributed by atoms with Gasteiger partial charge < -0.3 is 5.11 Å². The van der Waals surface area contributed by atoms with Gasteiger partial charge in [-0.1, -0.05) is 6.07 Å². The molecular formula is C11H11FO2. The molecule has 2 nitrogen and oxygen atoms in total. The van der Waals surface area contributed by atoms with Crippen LogP contribution in [0.4, 0.5) is 4.39 Å². The van der Waals surface area contributed by atoms with Crippen molar-refractivity contribution >= 4 is 11.5 Å². The predicted molar refractivity (Wildman–Crippen MR) is 52.4 cm³/mol. The van der Waals surface area contributed by atoms with Crippen LogP contribution in [-0.2, 0) is 4.79 Å². The fourth-order valence-corrected chi connectivity index (χ4v) is 1.16. The first kappa shape index (κ1) is 10.4. The fourth-order valence-electron chi connectivity index (χ4n) is 1.16. The van der Waals surface area contributed by atoms with Gasteiger partial charge in [0.2, 0.25) is 0 Å². The molecule has 0 heterocycles. The molecule has 74 valence electrons. The molecule has 1 aromatic carbocycles. The molecule has 0 aliphatic carbocycles. The summed E-state index contributed by atoms with van der Waals surface area (Å²) in [5, 5.41) is 8.52. The summed E-state index contributed by atoms with van der Waals surface area (Å²) in [6.45, 7) is 3.33. The quantitative estimate of drug-likeness (QED) is 0.735. The third-order valence-corrected chi connectivity index (χ3v) is 1.95. The summed E-state index contributed by atoms with van der Waals surface area (Å²) in [6.07, 6.45) is 1.10. The molecule has 1 aromatic rings. The van der Waals surface area contributed by atoms with Gasteiger partial charge in [0.05, 0.1) is 0 Å². The Morgan fingerprint density at radius 2 is 2.14 bits per heavy atom. The van der Waals surface area contributed by atoms with Crippen molar-refractivity contribution in [2.75, 3.05) is 0 Å². The normalized spacial score (nSPS) is 11.5. The van der Waals surface area contributed by atoms with Crippen LogP contribution in [0.5, 0.6) is 0 Å². The number of hydrogen-bond donors (Lipinski definition) is 1. The lowest BCUT2D eigenvalue weighted by Gasteiger charge is -2.02. The van der Waals surface area contributed by atoms with Gasteiger partial charge in [-0.05, 0) is 42.7 Å². The van der Waals surface area contributed by atoms with E-state index in [-0.39, 0.29) is 5.82 Å². The number of rotatable bonds is 2. The molecule has 0 amide bonds. The van der Waals surface area contributed by atoms with E-state index in [0.717, 1.165) is 11.6 Å². The lowest BCUT2D eigenvalue weighted by molar-refractivity contribution is -0.131. The third kappa shape index (κ3) is 2.42. The lowest BCUT2D eigenvalue weighted by Crippen LogP contribution is -1.91. The maximum Gasteiger partial charge on any atom is 0.328 e. The number of carbonyl (C=O) groups is 1. The second kappa shape index (κ2) is 4.05. The third-order valence-electron chi connectivity index (χ3n) is 1.95. The molecule has 0 atom stereocenters. The Balaban J connectivity index is 3.09. The van der Waals surface area contributed by atoms with E-state index in [1.54, 1.807) is 26.0 Å². The van der Waals surface area contributed by atoms with Crippen molar-refractivity contribution < 1.29 is 14.3 Å². The van der Waals surface area contributed by atoms with E-state index >= 15 is 0 Å². The highest BCUT2D eigenvalue weighted by Gasteiger charge is 2.01. The molecule has 0 radical (unpaired) electrons. The van der Waals surface area contributed by atoms with Crippen molar-refractivity contribution in [3.05, 3.63) is 41.2 Å². The van der Waals surface area contributed by atoms with Crippen LogP contribution in [0, 0.1) is 12.7 Å². The fraction of sp³-hybridized carbons (Fsp3) is 0.182. The zero-order chi connectivity index (χ0) is 10.7. The van der Waals surface area contributed by atoms with Crippen molar-refractivity contribution in [1.82, 2.24) is 0 Å². The molecule has 0 spiro atoms. The van der Waals surface area contributed by atoms with E-state index in [1.165, 1.54) is 6.07 Å². The first-order chi connectivity index (χ1) is 6.50. The number of carboxylic acid groups (broad SMARTS) is 1. The van der Waals surface area contributed by atoms with Crippen molar-refractivity contribution in [3.63, 3.8) is 0 Å². The number of hydrogen-bond acceptors (Lipinski definition) is 1. The molecule has 0 saturated carbocycles. The Kier molecular flexibility index (Phi) is 3.02. The van der Waals surface area contributed by atoms with E-state index in [0.29, 0.717) is 11.1 Å². The highest BCUT2D eigenvalue weighted by Crippen LogP contribution is 2.16. The molecule has 0 saturated heterocycles. The maximum absolute atomic E-state index is 12.9. The minimum atomic E-state index is -0.996. The topological polar surface area (TPSA) is 37.3 Å². The average molecular weight is 194 g/mol. The van der Waals surface area contributed by atoms with Crippen LogP contribution >= 0.6 is 0 Å². The van der Waals surface area contributed by atoms with E-state index in [1.807, 2.05) is 0 Å². The highest BCUT2D eigenvalue weighted by atomic mass is 19.1. The first-order valence-corrected chi connectivity index (χ1v) is 4.18. The standard InChI is InChI=1S/C11H11FO2/c1-7(6-11(13)14)9-3-4-10(12)8(2)5-9/h3-6H,1-2H3,(H,13,14)/b7-6+. The molecule has 14 heavy (non-hydrogen) atoms. The molecule has 0 bridgehead atoms. The summed E-state index contributed by atoms with van der Waals surface area (Å²) in [7, 11) is 0. The van der Waals surface area contributed by atoms with Crippen molar-refractivity contribution in [3.8, 4) is 0 Å². The Labute approximate surface area is 81.7 Å². The average Bonchev–Trinajstić information content (AvgIpc) is 2.08. The second-order valence-electron chi connectivity index (χ2n) is 3.13. The molecule has 0 aliphatic heterocycles. The minimum absolute atomic E-state index is 0.281. The minimum Gasteiger partial charge on any atom is -0.478 e. The van der Waals surface area contributed by atoms with Gasteiger partial charge in [-0.2, -0.15) is 0 Å². The second-order valence-corrected chi connectivity index (χ2v) is 3.13. The summed E-state index contributed by atoms with van der Waals surface area (Å²) < 4.78 is 12.9. The molecule has 0 fully saturated rings. The van der Waals surface area contributed by atoms with Gasteiger partial charge in [-0.15, -0.1) is 0 Å². The summed E-state index contributed by atoms with van der Waals surface area (Å²) >= 11 is 0. The smallest absolute Gasteiger partial charge is 0.328 e. The molecule has 1 rings (SSSR count). The van der Waals surface area contributed by atoms with Gasteiger partial charge in [-0.3, -0.25) is 0 Å². The Hall–Kier alpha value is -1.64. The SMILES string of the molecule is C/C(=C\C(=O)O)c1ccc(F)c(C)c1. The molecular weight excluding hydrogens is 183 g/mol. The Morgan fingerprint density at radius 1 is 1.50 bits per heavy atom. The van der Waals surface area contributed by atoms with Gasteiger partial charge in [0, 0.05) is 6.08 Å². The molecule has 0 aromatic heterocycles.